The van der Waals surface area contributed by atoms with Crippen LogP contribution in [-0.4, -0.2) is 56.0 Å². The molecule has 0 bridgehead atoms. The van der Waals surface area contributed by atoms with E-state index in [-0.39, 0.29) is 0 Å². The molecule has 0 spiro atoms. The predicted octanol–water partition coefficient (Wildman–Crippen LogP) is 1.95. The van der Waals surface area contributed by atoms with Crippen molar-refractivity contribution >= 4 is 7.75 Å². The van der Waals surface area contributed by atoms with E-state index in [9.17, 15) is 4.57 Å². The van der Waals surface area contributed by atoms with Gasteiger partial charge in [0.2, 0.25) is 0 Å². The van der Waals surface area contributed by atoms with E-state index in [0.717, 1.165) is 32.2 Å². The van der Waals surface area contributed by atoms with E-state index in [4.69, 9.17) is 9.05 Å². The van der Waals surface area contributed by atoms with E-state index < -0.39 is 7.75 Å². The molecule has 1 aliphatic heterocycles. The standard InChI is InChI=1S/C11H23N2O3P/c1-15-17(14,16-2)13-9-7-12(8-10-13)11-5-3-4-6-11/h11H,3-10H2,1-2H3. The number of nitrogens with zero attached hydrogens (tertiary/aromatic N) is 2. The van der Waals surface area contributed by atoms with Gasteiger partial charge >= 0.3 is 7.75 Å². The summed E-state index contributed by atoms with van der Waals surface area (Å²) in [5, 5.41) is 0. The van der Waals surface area contributed by atoms with E-state index in [0.29, 0.717) is 0 Å². The molecule has 1 saturated heterocycles. The van der Waals surface area contributed by atoms with Crippen LogP contribution in [0.4, 0.5) is 0 Å². The summed E-state index contributed by atoms with van der Waals surface area (Å²) in [5.41, 5.74) is 0. The van der Waals surface area contributed by atoms with Crippen LogP contribution in [0, 0.1) is 0 Å². The monoisotopic (exact) mass is 262 g/mol. The molecule has 0 aromatic carbocycles. The van der Waals surface area contributed by atoms with E-state index in [2.05, 4.69) is 4.90 Å². The third-order valence-electron chi connectivity index (χ3n) is 3.94. The Labute approximate surface area is 104 Å². The lowest BCUT2D eigenvalue weighted by Crippen LogP contribution is -2.48. The fourth-order valence-electron chi connectivity index (χ4n) is 2.90. The lowest BCUT2D eigenvalue weighted by atomic mass is 10.2. The number of piperazine rings is 1. The van der Waals surface area contributed by atoms with Gasteiger partial charge in [-0.3, -0.25) is 13.9 Å². The fraction of sp³-hybridized carbons (Fsp3) is 1.00. The Balaban J connectivity index is 1.87. The molecule has 1 saturated carbocycles. The Bertz CT molecular complexity index is 278. The third-order valence-corrected chi connectivity index (χ3v) is 5.96. The normalized spacial score (nSPS) is 25.5. The molecule has 0 amide bonds. The largest absolute Gasteiger partial charge is 0.407 e. The van der Waals surface area contributed by atoms with Crippen molar-refractivity contribution in [3.8, 4) is 0 Å². The van der Waals surface area contributed by atoms with Gasteiger partial charge in [0.25, 0.3) is 0 Å². The maximum absolute atomic E-state index is 12.2. The van der Waals surface area contributed by atoms with Crippen molar-refractivity contribution in [2.45, 2.75) is 31.7 Å². The average Bonchev–Trinajstić information content (AvgIpc) is 2.92. The molecular formula is C11H23N2O3P. The van der Waals surface area contributed by atoms with Gasteiger partial charge in [0.15, 0.2) is 0 Å². The second kappa shape index (κ2) is 5.81. The molecule has 2 aliphatic rings. The Hall–Kier alpha value is 0.0700. The summed E-state index contributed by atoms with van der Waals surface area (Å²) in [6, 6.07) is 0.752. The average molecular weight is 262 g/mol. The molecular weight excluding hydrogens is 239 g/mol. The predicted molar refractivity (Wildman–Crippen MR) is 67.0 cm³/mol. The molecule has 100 valence electrons. The molecule has 0 N–H and O–H groups in total. The van der Waals surface area contributed by atoms with Gasteiger partial charge in [0.05, 0.1) is 0 Å². The van der Waals surface area contributed by atoms with Crippen LogP contribution in [0.2, 0.25) is 0 Å². The first-order chi connectivity index (χ1) is 8.19. The summed E-state index contributed by atoms with van der Waals surface area (Å²) in [6.45, 7) is 3.49. The van der Waals surface area contributed by atoms with Crippen LogP contribution < -0.4 is 0 Å². The van der Waals surface area contributed by atoms with Gasteiger partial charge in [-0.2, -0.15) is 0 Å². The molecule has 0 radical (unpaired) electrons. The number of hydrogen-bond donors (Lipinski definition) is 0. The molecule has 17 heavy (non-hydrogen) atoms. The van der Waals surface area contributed by atoms with E-state index in [1.807, 2.05) is 4.67 Å². The minimum absolute atomic E-state index is 0.752. The van der Waals surface area contributed by atoms with Gasteiger partial charge in [-0.25, -0.2) is 9.24 Å². The zero-order valence-electron chi connectivity index (χ0n) is 10.8. The number of rotatable bonds is 4. The third kappa shape index (κ3) is 2.91. The van der Waals surface area contributed by atoms with Gasteiger partial charge in [-0.05, 0) is 12.8 Å². The van der Waals surface area contributed by atoms with Crippen molar-refractivity contribution in [2.75, 3.05) is 40.4 Å². The van der Waals surface area contributed by atoms with Gasteiger partial charge in [0.1, 0.15) is 0 Å². The quantitative estimate of drug-likeness (QED) is 0.724. The summed E-state index contributed by atoms with van der Waals surface area (Å²) >= 11 is 0. The van der Waals surface area contributed by atoms with Gasteiger partial charge < -0.3 is 0 Å². The zero-order valence-corrected chi connectivity index (χ0v) is 11.7. The van der Waals surface area contributed by atoms with Gasteiger partial charge in [-0.15, -0.1) is 0 Å². The van der Waals surface area contributed by atoms with Crippen LogP contribution in [0.15, 0.2) is 0 Å². The first-order valence-electron chi connectivity index (χ1n) is 6.40. The lowest BCUT2D eigenvalue weighted by molar-refractivity contribution is 0.112. The zero-order chi connectivity index (χ0) is 12.3. The van der Waals surface area contributed by atoms with Crippen LogP contribution in [-0.2, 0) is 13.6 Å². The van der Waals surface area contributed by atoms with Crippen LogP contribution >= 0.6 is 7.75 Å². The van der Waals surface area contributed by atoms with Crippen molar-refractivity contribution in [1.29, 1.82) is 0 Å². The second-order valence-corrected chi connectivity index (χ2v) is 6.99. The highest BCUT2D eigenvalue weighted by atomic mass is 31.2. The highest BCUT2D eigenvalue weighted by Crippen LogP contribution is 2.50. The van der Waals surface area contributed by atoms with Crippen molar-refractivity contribution in [1.82, 2.24) is 9.57 Å². The molecule has 0 atom stereocenters. The lowest BCUT2D eigenvalue weighted by Gasteiger charge is -2.39. The Morgan fingerprint density at radius 3 is 2.00 bits per heavy atom. The van der Waals surface area contributed by atoms with Crippen molar-refractivity contribution in [3.05, 3.63) is 0 Å². The van der Waals surface area contributed by atoms with Crippen molar-refractivity contribution < 1.29 is 13.6 Å². The minimum atomic E-state index is -3.01. The smallest absolute Gasteiger partial charge is 0.300 e. The first kappa shape index (κ1) is 13.5. The molecule has 1 aliphatic carbocycles. The summed E-state index contributed by atoms with van der Waals surface area (Å²) in [5.74, 6) is 0. The van der Waals surface area contributed by atoms with Crippen LogP contribution in [0.25, 0.3) is 0 Å². The fourth-order valence-corrected chi connectivity index (χ4v) is 4.18. The number of hydrogen-bond acceptors (Lipinski definition) is 4. The second-order valence-electron chi connectivity index (χ2n) is 4.76. The Kier molecular flexibility index (Phi) is 4.61. The summed E-state index contributed by atoms with van der Waals surface area (Å²) < 4.78 is 24.1. The summed E-state index contributed by atoms with van der Waals surface area (Å²) in [6.07, 6.45) is 5.37. The molecule has 2 rings (SSSR count). The summed E-state index contributed by atoms with van der Waals surface area (Å²) in [7, 11) is -0.104. The van der Waals surface area contributed by atoms with Crippen LogP contribution in [0.1, 0.15) is 25.7 Å². The van der Waals surface area contributed by atoms with Crippen LogP contribution in [0.3, 0.4) is 0 Å². The molecule has 2 fully saturated rings. The first-order valence-corrected chi connectivity index (χ1v) is 7.90. The molecule has 0 unspecified atom stereocenters. The Morgan fingerprint density at radius 2 is 1.53 bits per heavy atom. The molecule has 1 heterocycles. The van der Waals surface area contributed by atoms with Gasteiger partial charge in [0, 0.05) is 46.4 Å². The molecule has 0 aromatic heterocycles. The van der Waals surface area contributed by atoms with E-state index >= 15 is 0 Å². The maximum atomic E-state index is 12.2. The summed E-state index contributed by atoms with van der Waals surface area (Å²) in [4.78, 5) is 2.53. The Morgan fingerprint density at radius 1 is 1.00 bits per heavy atom. The maximum Gasteiger partial charge on any atom is 0.407 e. The highest BCUT2D eigenvalue weighted by molar-refractivity contribution is 7.51. The molecule has 6 heteroatoms. The molecule has 0 aromatic rings. The van der Waals surface area contributed by atoms with Gasteiger partial charge in [-0.1, -0.05) is 12.8 Å². The van der Waals surface area contributed by atoms with E-state index in [1.165, 1.54) is 39.9 Å². The van der Waals surface area contributed by atoms with Crippen molar-refractivity contribution in [3.63, 3.8) is 0 Å². The highest BCUT2D eigenvalue weighted by Gasteiger charge is 2.35. The topological polar surface area (TPSA) is 42.0 Å². The van der Waals surface area contributed by atoms with Crippen LogP contribution in [0.5, 0.6) is 0 Å². The SMILES string of the molecule is COP(=O)(OC)N1CCN(C2CCCC2)CC1. The minimum Gasteiger partial charge on any atom is -0.300 e. The molecule has 5 nitrogen and oxygen atoms in total. The van der Waals surface area contributed by atoms with E-state index in [1.54, 1.807) is 0 Å². The van der Waals surface area contributed by atoms with Crippen molar-refractivity contribution in [2.24, 2.45) is 0 Å².